The third kappa shape index (κ3) is 3.39. The van der Waals surface area contributed by atoms with Crippen molar-refractivity contribution in [2.45, 2.75) is 13.0 Å². The molecule has 1 atom stereocenters. The molecule has 0 aliphatic rings. The van der Waals surface area contributed by atoms with Gasteiger partial charge in [-0.1, -0.05) is 5.18 Å². The van der Waals surface area contributed by atoms with Crippen LogP contribution in [0.15, 0.2) is 5.18 Å². The molecule has 0 rings (SSSR count). The molecule has 1 N–H and O–H groups in total. The summed E-state index contributed by atoms with van der Waals surface area (Å²) >= 11 is 0. The average Bonchev–Trinajstić information content (AvgIpc) is 1.68. The summed E-state index contributed by atoms with van der Waals surface area (Å²) in [6.07, 6.45) is 0. The van der Waals surface area contributed by atoms with Crippen molar-refractivity contribution in [3.05, 3.63) is 4.91 Å². The Labute approximate surface area is 43.1 Å². The largest absolute Gasteiger partial charge is 0.315 e. The molecular formula is C4H10N2O. The van der Waals surface area contributed by atoms with Gasteiger partial charge in [0, 0.05) is 6.04 Å². The van der Waals surface area contributed by atoms with Crippen molar-refractivity contribution in [1.82, 2.24) is 5.32 Å². The molecule has 0 aromatic heterocycles. The number of likely N-dealkylation sites (N-methyl/N-ethyl adjacent to an activating group) is 1. The smallest absolute Gasteiger partial charge is 0.0961 e. The zero-order valence-electron chi connectivity index (χ0n) is 4.64. The number of nitrogens with one attached hydrogen (secondary N) is 1. The van der Waals surface area contributed by atoms with Crippen LogP contribution in [0.3, 0.4) is 0 Å². The Morgan fingerprint density at radius 2 is 2.43 bits per heavy atom. The van der Waals surface area contributed by atoms with Gasteiger partial charge in [-0.05, 0) is 14.0 Å². The van der Waals surface area contributed by atoms with Crippen LogP contribution in [0.25, 0.3) is 0 Å². The van der Waals surface area contributed by atoms with Gasteiger partial charge in [0.2, 0.25) is 0 Å². The first-order valence-electron chi connectivity index (χ1n) is 2.27. The Kier molecular flexibility index (Phi) is 3.50. The Morgan fingerprint density at radius 1 is 1.86 bits per heavy atom. The van der Waals surface area contributed by atoms with E-state index in [4.69, 9.17) is 0 Å². The molecule has 0 saturated heterocycles. The molecule has 7 heavy (non-hydrogen) atoms. The second-order valence-electron chi connectivity index (χ2n) is 1.50. The van der Waals surface area contributed by atoms with Crippen LogP contribution < -0.4 is 5.32 Å². The summed E-state index contributed by atoms with van der Waals surface area (Å²) in [6.45, 7) is 2.26. The Hall–Kier alpha value is -0.440. The van der Waals surface area contributed by atoms with Crippen LogP contribution in [0.4, 0.5) is 0 Å². The highest BCUT2D eigenvalue weighted by Gasteiger charge is 1.92. The standard InChI is InChI=1S/C4H10N2O/c1-4(5-2)3-6-7/h4-5H,3H2,1-2H3. The van der Waals surface area contributed by atoms with Gasteiger partial charge < -0.3 is 5.32 Å². The third-order valence-electron chi connectivity index (χ3n) is 0.841. The molecule has 42 valence electrons. The first kappa shape index (κ1) is 6.56. The van der Waals surface area contributed by atoms with E-state index in [1.807, 2.05) is 6.92 Å². The van der Waals surface area contributed by atoms with E-state index in [2.05, 4.69) is 10.5 Å². The molecule has 0 saturated carbocycles. The summed E-state index contributed by atoms with van der Waals surface area (Å²) in [5.74, 6) is 0. The van der Waals surface area contributed by atoms with Crippen molar-refractivity contribution in [2.75, 3.05) is 13.6 Å². The molecule has 0 aliphatic heterocycles. The predicted octanol–water partition coefficient (Wildman–Crippen LogP) is 0.361. The molecule has 3 heteroatoms. The van der Waals surface area contributed by atoms with Crippen LogP contribution >= 0.6 is 0 Å². The van der Waals surface area contributed by atoms with E-state index in [0.717, 1.165) is 0 Å². The van der Waals surface area contributed by atoms with Gasteiger partial charge in [0.25, 0.3) is 0 Å². The van der Waals surface area contributed by atoms with Crippen LogP contribution in [-0.2, 0) is 0 Å². The number of rotatable bonds is 3. The van der Waals surface area contributed by atoms with E-state index in [1.165, 1.54) is 0 Å². The van der Waals surface area contributed by atoms with Gasteiger partial charge >= 0.3 is 0 Å². The first-order chi connectivity index (χ1) is 3.31. The molecule has 1 unspecified atom stereocenters. The number of nitroso groups, excluding NO2 is 1. The quantitative estimate of drug-likeness (QED) is 0.523. The van der Waals surface area contributed by atoms with Gasteiger partial charge in [-0.25, -0.2) is 0 Å². The zero-order valence-corrected chi connectivity index (χ0v) is 4.64. The molecule has 0 spiro atoms. The highest BCUT2D eigenvalue weighted by molar-refractivity contribution is 4.57. The minimum Gasteiger partial charge on any atom is -0.315 e. The van der Waals surface area contributed by atoms with Crippen molar-refractivity contribution >= 4 is 0 Å². The molecule has 0 amide bonds. The molecular weight excluding hydrogens is 92.1 g/mol. The van der Waals surface area contributed by atoms with Crippen molar-refractivity contribution in [1.29, 1.82) is 0 Å². The van der Waals surface area contributed by atoms with Crippen LogP contribution in [0.2, 0.25) is 0 Å². The van der Waals surface area contributed by atoms with Gasteiger partial charge in [0.05, 0.1) is 6.54 Å². The fourth-order valence-corrected chi connectivity index (χ4v) is 0.203. The number of hydrogen-bond acceptors (Lipinski definition) is 3. The van der Waals surface area contributed by atoms with Crippen molar-refractivity contribution in [3.8, 4) is 0 Å². The van der Waals surface area contributed by atoms with Crippen LogP contribution in [0, 0.1) is 4.91 Å². The average molecular weight is 102 g/mol. The minimum absolute atomic E-state index is 0.220. The molecule has 0 aromatic carbocycles. The highest BCUT2D eigenvalue weighted by atomic mass is 16.3. The van der Waals surface area contributed by atoms with Gasteiger partial charge in [-0.15, -0.1) is 0 Å². The number of hydrogen-bond donors (Lipinski definition) is 1. The van der Waals surface area contributed by atoms with Crippen LogP contribution in [-0.4, -0.2) is 19.6 Å². The topological polar surface area (TPSA) is 41.5 Å². The van der Waals surface area contributed by atoms with E-state index < -0.39 is 0 Å². The molecule has 0 bridgehead atoms. The Balaban J connectivity index is 2.98. The molecule has 3 nitrogen and oxygen atoms in total. The predicted molar refractivity (Wildman–Crippen MR) is 29.2 cm³/mol. The van der Waals surface area contributed by atoms with Gasteiger partial charge in [0.1, 0.15) is 0 Å². The third-order valence-corrected chi connectivity index (χ3v) is 0.841. The van der Waals surface area contributed by atoms with Gasteiger partial charge in [-0.2, -0.15) is 4.91 Å². The van der Waals surface area contributed by atoms with Crippen molar-refractivity contribution in [3.63, 3.8) is 0 Å². The van der Waals surface area contributed by atoms with E-state index in [0.29, 0.717) is 6.54 Å². The maximum atomic E-state index is 9.48. The lowest BCUT2D eigenvalue weighted by molar-refractivity contribution is 0.621. The second-order valence-corrected chi connectivity index (χ2v) is 1.50. The molecule has 0 radical (unpaired) electrons. The van der Waals surface area contributed by atoms with Crippen LogP contribution in [0.5, 0.6) is 0 Å². The summed E-state index contributed by atoms with van der Waals surface area (Å²) < 4.78 is 0. The summed E-state index contributed by atoms with van der Waals surface area (Å²) in [4.78, 5) is 9.48. The van der Waals surface area contributed by atoms with E-state index in [9.17, 15) is 4.91 Å². The summed E-state index contributed by atoms with van der Waals surface area (Å²) in [5, 5.41) is 5.57. The summed E-state index contributed by atoms with van der Waals surface area (Å²) in [7, 11) is 1.80. The minimum atomic E-state index is 0.220. The fourth-order valence-electron chi connectivity index (χ4n) is 0.203. The zero-order chi connectivity index (χ0) is 5.70. The Morgan fingerprint density at radius 3 is 2.57 bits per heavy atom. The SMILES string of the molecule is CNC(C)CN=O. The fraction of sp³-hybridized carbons (Fsp3) is 1.00. The van der Waals surface area contributed by atoms with Gasteiger partial charge in [0.15, 0.2) is 0 Å². The lowest BCUT2D eigenvalue weighted by atomic mass is 10.4. The van der Waals surface area contributed by atoms with E-state index in [1.54, 1.807) is 7.05 Å². The highest BCUT2D eigenvalue weighted by Crippen LogP contribution is 1.77. The van der Waals surface area contributed by atoms with E-state index in [-0.39, 0.29) is 6.04 Å². The van der Waals surface area contributed by atoms with Crippen molar-refractivity contribution < 1.29 is 0 Å². The molecule has 0 fully saturated rings. The molecule has 0 aliphatic carbocycles. The van der Waals surface area contributed by atoms with E-state index >= 15 is 0 Å². The lowest BCUT2D eigenvalue weighted by Gasteiger charge is -2.00. The maximum absolute atomic E-state index is 9.48. The van der Waals surface area contributed by atoms with Crippen LogP contribution in [0.1, 0.15) is 6.92 Å². The number of nitrogens with zero attached hydrogens (tertiary/aromatic N) is 1. The molecule has 0 heterocycles. The maximum Gasteiger partial charge on any atom is 0.0961 e. The summed E-state index contributed by atoms with van der Waals surface area (Å²) in [6, 6.07) is 0.220. The normalized spacial score (nSPS) is 13.4. The first-order valence-corrected chi connectivity index (χ1v) is 2.27. The Bertz CT molecular complexity index is 55.7. The van der Waals surface area contributed by atoms with Crippen molar-refractivity contribution in [2.24, 2.45) is 5.18 Å². The van der Waals surface area contributed by atoms with Gasteiger partial charge in [-0.3, -0.25) is 0 Å². The lowest BCUT2D eigenvalue weighted by Crippen LogP contribution is -2.23. The second kappa shape index (κ2) is 3.74. The molecule has 0 aromatic rings. The monoisotopic (exact) mass is 102 g/mol. The summed E-state index contributed by atoms with van der Waals surface area (Å²) in [5.41, 5.74) is 0.